The van der Waals surface area contributed by atoms with Gasteiger partial charge in [0.2, 0.25) is 0 Å². The van der Waals surface area contributed by atoms with Crippen molar-refractivity contribution in [1.82, 2.24) is 0 Å². The van der Waals surface area contributed by atoms with E-state index in [2.05, 4.69) is 0 Å². The van der Waals surface area contributed by atoms with Gasteiger partial charge in [-0.25, -0.2) is 4.39 Å². The topological polar surface area (TPSA) is 101 Å². The Bertz CT molecular complexity index is 1260. The van der Waals surface area contributed by atoms with Crippen LogP contribution in [0.2, 0.25) is 5.02 Å². The summed E-state index contributed by atoms with van der Waals surface area (Å²) in [5, 5.41) is 22.4. The summed E-state index contributed by atoms with van der Waals surface area (Å²) in [7, 11) is 0. The molecule has 9 heteroatoms. The number of amides is 1. The maximum absolute atomic E-state index is 13.5. The minimum Gasteiger partial charge on any atom is -0.507 e. The number of halogens is 2. The molecule has 1 aliphatic rings. The molecule has 0 spiro atoms. The second-order valence-corrected chi connectivity index (χ2v) is 7.44. The van der Waals surface area contributed by atoms with Gasteiger partial charge in [0.1, 0.15) is 11.6 Å². The summed E-state index contributed by atoms with van der Waals surface area (Å²) in [6.45, 7) is 0. The van der Waals surface area contributed by atoms with E-state index in [1.165, 1.54) is 60.7 Å². The van der Waals surface area contributed by atoms with Gasteiger partial charge in [-0.1, -0.05) is 11.6 Å². The zero-order valence-electron chi connectivity index (χ0n) is 16.2. The van der Waals surface area contributed by atoms with Crippen LogP contribution in [0.1, 0.15) is 17.2 Å². The van der Waals surface area contributed by atoms with Gasteiger partial charge in [-0.15, -0.1) is 0 Å². The number of ketones is 1. The Hall–Kier alpha value is -4.04. The Balaban J connectivity index is 1.92. The van der Waals surface area contributed by atoms with E-state index < -0.39 is 34.2 Å². The number of aliphatic hydroxyl groups excluding tert-OH is 1. The maximum Gasteiger partial charge on any atom is 0.300 e. The molecule has 1 N–H and O–H groups in total. The highest BCUT2D eigenvalue weighted by Crippen LogP contribution is 2.42. The number of Topliss-reactive ketones (excluding diaryl/α,β-unsaturated/α-hetero) is 1. The van der Waals surface area contributed by atoms with Gasteiger partial charge < -0.3 is 5.11 Å². The zero-order valence-corrected chi connectivity index (χ0v) is 17.0. The highest BCUT2D eigenvalue weighted by Gasteiger charge is 2.47. The van der Waals surface area contributed by atoms with Crippen molar-refractivity contribution in [3.63, 3.8) is 0 Å². The highest BCUT2D eigenvalue weighted by molar-refractivity contribution is 6.51. The minimum atomic E-state index is -1.09. The van der Waals surface area contributed by atoms with Crippen LogP contribution in [-0.4, -0.2) is 21.7 Å². The summed E-state index contributed by atoms with van der Waals surface area (Å²) in [6.07, 6.45) is 0. The molecule has 3 aromatic rings. The number of carbonyl (C=O) groups excluding carboxylic acids is 2. The summed E-state index contributed by atoms with van der Waals surface area (Å²) in [4.78, 5) is 37.5. The lowest BCUT2D eigenvalue weighted by atomic mass is 9.95. The van der Waals surface area contributed by atoms with E-state index >= 15 is 0 Å². The quantitative estimate of drug-likeness (QED) is 0.197. The van der Waals surface area contributed by atoms with Crippen molar-refractivity contribution in [2.75, 3.05) is 4.90 Å². The Kier molecular flexibility index (Phi) is 5.46. The molecule has 1 atom stereocenters. The van der Waals surface area contributed by atoms with Gasteiger partial charge in [0.15, 0.2) is 0 Å². The molecule has 0 radical (unpaired) electrons. The van der Waals surface area contributed by atoms with Crippen LogP contribution in [-0.2, 0) is 9.59 Å². The lowest BCUT2D eigenvalue weighted by Gasteiger charge is -2.25. The van der Waals surface area contributed by atoms with Gasteiger partial charge >= 0.3 is 0 Å². The Morgan fingerprint density at radius 1 is 0.969 bits per heavy atom. The fourth-order valence-corrected chi connectivity index (χ4v) is 3.68. The van der Waals surface area contributed by atoms with E-state index in [1.807, 2.05) is 0 Å². The summed E-state index contributed by atoms with van der Waals surface area (Å²) in [6, 6.07) is 15.2. The number of benzene rings is 3. The maximum atomic E-state index is 13.5. The first kappa shape index (κ1) is 21.2. The molecule has 7 nitrogen and oxygen atoms in total. The van der Waals surface area contributed by atoms with Crippen molar-refractivity contribution >= 4 is 40.4 Å². The molecule has 1 fully saturated rings. The molecule has 32 heavy (non-hydrogen) atoms. The molecular formula is C23H14ClFN2O5. The molecule has 1 aliphatic heterocycles. The number of hydrogen-bond acceptors (Lipinski definition) is 5. The largest absolute Gasteiger partial charge is 0.507 e. The zero-order chi connectivity index (χ0) is 23.0. The third kappa shape index (κ3) is 3.72. The van der Waals surface area contributed by atoms with Crippen LogP contribution in [0.25, 0.3) is 5.76 Å². The second-order valence-electron chi connectivity index (χ2n) is 7.00. The Morgan fingerprint density at radius 3 is 2.12 bits per heavy atom. The Labute approximate surface area is 186 Å². The van der Waals surface area contributed by atoms with Gasteiger partial charge in [0, 0.05) is 28.4 Å². The minimum absolute atomic E-state index is 0.176. The average molecular weight is 453 g/mol. The first-order valence-electron chi connectivity index (χ1n) is 9.35. The third-order valence-electron chi connectivity index (χ3n) is 5.09. The third-order valence-corrected chi connectivity index (χ3v) is 5.34. The van der Waals surface area contributed by atoms with Crippen LogP contribution >= 0.6 is 11.6 Å². The summed E-state index contributed by atoms with van der Waals surface area (Å²) >= 11 is 5.90. The molecule has 3 aromatic carbocycles. The molecule has 1 amide bonds. The molecule has 0 aromatic heterocycles. The van der Waals surface area contributed by atoms with Crippen LogP contribution in [0, 0.1) is 15.9 Å². The van der Waals surface area contributed by atoms with Gasteiger partial charge in [-0.05, 0) is 66.2 Å². The molecule has 1 heterocycles. The number of nitro benzene ring substituents is 1. The van der Waals surface area contributed by atoms with E-state index in [0.717, 1.165) is 17.0 Å². The second kappa shape index (κ2) is 8.24. The molecule has 4 rings (SSSR count). The number of hydrogen-bond donors (Lipinski definition) is 1. The fourth-order valence-electron chi connectivity index (χ4n) is 3.56. The number of carbonyl (C=O) groups is 2. The summed E-state index contributed by atoms with van der Waals surface area (Å²) in [5.41, 5.74) is 0.473. The van der Waals surface area contributed by atoms with E-state index in [9.17, 15) is 29.2 Å². The first-order valence-corrected chi connectivity index (χ1v) is 9.72. The van der Waals surface area contributed by atoms with E-state index in [4.69, 9.17) is 11.6 Å². The van der Waals surface area contributed by atoms with Gasteiger partial charge in [0.25, 0.3) is 17.4 Å². The van der Waals surface area contributed by atoms with Crippen LogP contribution in [0.4, 0.5) is 15.8 Å². The molecule has 0 saturated carbocycles. The van der Waals surface area contributed by atoms with E-state index in [1.54, 1.807) is 0 Å². The molecule has 160 valence electrons. The predicted octanol–water partition coefficient (Wildman–Crippen LogP) is 5.01. The number of nitrogens with zero attached hydrogens (tertiary/aromatic N) is 2. The van der Waals surface area contributed by atoms with Crippen LogP contribution < -0.4 is 4.90 Å². The standard InChI is InChI=1S/C23H14ClFN2O5/c24-15-5-1-14(2-6-15)21(28)19-20(13-3-9-18(10-4-13)27(31)32)26(23(30)22(19)29)17-11-7-16(25)8-12-17/h1-12,20,28H/b21-19+/t20-/m1/s1. The lowest BCUT2D eigenvalue weighted by molar-refractivity contribution is -0.384. The van der Waals surface area contributed by atoms with Crippen molar-refractivity contribution in [1.29, 1.82) is 0 Å². The van der Waals surface area contributed by atoms with Crippen molar-refractivity contribution in [2.24, 2.45) is 0 Å². The number of anilines is 1. The number of non-ortho nitro benzene ring substituents is 1. The highest BCUT2D eigenvalue weighted by atomic mass is 35.5. The van der Waals surface area contributed by atoms with E-state index in [0.29, 0.717) is 10.6 Å². The van der Waals surface area contributed by atoms with E-state index in [-0.39, 0.29) is 22.5 Å². The summed E-state index contributed by atoms with van der Waals surface area (Å²) in [5.74, 6) is -2.81. The first-order chi connectivity index (χ1) is 15.3. The van der Waals surface area contributed by atoms with Crippen molar-refractivity contribution in [3.05, 3.63) is 110 Å². The summed E-state index contributed by atoms with van der Waals surface area (Å²) < 4.78 is 13.5. The normalized spacial score (nSPS) is 17.6. The molecule has 0 aliphatic carbocycles. The molecule has 1 saturated heterocycles. The van der Waals surface area contributed by atoms with Gasteiger partial charge in [-0.2, -0.15) is 0 Å². The molecular weight excluding hydrogens is 439 g/mol. The van der Waals surface area contributed by atoms with Crippen molar-refractivity contribution in [3.8, 4) is 0 Å². The van der Waals surface area contributed by atoms with Crippen LogP contribution in [0.15, 0.2) is 78.4 Å². The smallest absolute Gasteiger partial charge is 0.300 e. The van der Waals surface area contributed by atoms with Crippen molar-refractivity contribution < 1.29 is 24.0 Å². The van der Waals surface area contributed by atoms with Gasteiger partial charge in [0.05, 0.1) is 16.5 Å². The SMILES string of the molecule is O=C1C(=O)N(c2ccc(F)cc2)[C@H](c2ccc([N+](=O)[O-])cc2)/C1=C(\O)c1ccc(Cl)cc1. The molecule has 0 unspecified atom stereocenters. The number of aliphatic hydroxyl groups is 1. The molecule has 0 bridgehead atoms. The predicted molar refractivity (Wildman–Crippen MR) is 116 cm³/mol. The average Bonchev–Trinajstić information content (AvgIpc) is 3.05. The Morgan fingerprint density at radius 2 is 1.56 bits per heavy atom. The number of rotatable bonds is 4. The van der Waals surface area contributed by atoms with Crippen molar-refractivity contribution in [2.45, 2.75) is 6.04 Å². The monoisotopic (exact) mass is 452 g/mol. The fraction of sp³-hybridized carbons (Fsp3) is 0.0435. The van der Waals surface area contributed by atoms with Crippen LogP contribution in [0.5, 0.6) is 0 Å². The lowest BCUT2D eigenvalue weighted by Crippen LogP contribution is -2.29. The number of nitro groups is 1. The van der Waals surface area contributed by atoms with Crippen LogP contribution in [0.3, 0.4) is 0 Å². The van der Waals surface area contributed by atoms with Gasteiger partial charge in [-0.3, -0.25) is 24.6 Å².